The van der Waals surface area contributed by atoms with Crippen LogP contribution in [0.1, 0.15) is 19.7 Å². The van der Waals surface area contributed by atoms with Crippen molar-refractivity contribution in [1.29, 1.82) is 0 Å². The van der Waals surface area contributed by atoms with Crippen LogP contribution in [0, 0.1) is 5.82 Å². The number of aromatic nitrogens is 6. The zero-order chi connectivity index (χ0) is 22.5. The molecule has 0 amide bonds. The van der Waals surface area contributed by atoms with Gasteiger partial charge in [0, 0.05) is 23.1 Å². The molecular formula is C22H19BrFN7O. The Bertz CT molecular complexity index is 1360. The van der Waals surface area contributed by atoms with Gasteiger partial charge in [-0.05, 0) is 30.3 Å². The molecule has 0 fully saturated rings. The summed E-state index contributed by atoms with van der Waals surface area (Å²) in [4.78, 5) is 17.0. The molecule has 8 nitrogen and oxygen atoms in total. The van der Waals surface area contributed by atoms with Gasteiger partial charge in [-0.25, -0.2) is 28.8 Å². The molecule has 0 radical (unpaired) electrons. The van der Waals surface area contributed by atoms with Crippen LogP contribution in [0.5, 0.6) is 5.75 Å². The van der Waals surface area contributed by atoms with E-state index in [-0.39, 0.29) is 12.3 Å². The fourth-order valence-electron chi connectivity index (χ4n) is 3.06. The molecule has 4 heterocycles. The normalized spacial score (nSPS) is 10.6. The van der Waals surface area contributed by atoms with Crippen LogP contribution in [0.3, 0.4) is 0 Å². The van der Waals surface area contributed by atoms with Crippen molar-refractivity contribution in [1.82, 2.24) is 29.5 Å². The zero-order valence-corrected chi connectivity index (χ0v) is 18.9. The molecule has 0 bridgehead atoms. The third-order valence-corrected chi connectivity index (χ3v) is 4.87. The first-order valence-electron chi connectivity index (χ1n) is 9.91. The number of rotatable bonds is 5. The van der Waals surface area contributed by atoms with Gasteiger partial charge in [0.15, 0.2) is 11.6 Å². The Labute approximate surface area is 191 Å². The van der Waals surface area contributed by atoms with E-state index in [1.807, 2.05) is 19.9 Å². The van der Waals surface area contributed by atoms with Gasteiger partial charge in [-0.15, -0.1) is 0 Å². The molecule has 0 spiro atoms. The van der Waals surface area contributed by atoms with Crippen molar-refractivity contribution in [2.45, 2.75) is 20.5 Å². The van der Waals surface area contributed by atoms with E-state index in [0.29, 0.717) is 33.8 Å². The Morgan fingerprint density at radius 1 is 1.06 bits per heavy atom. The molecule has 1 aromatic carbocycles. The van der Waals surface area contributed by atoms with Gasteiger partial charge in [-0.3, -0.25) is 0 Å². The Hall–Kier alpha value is -3.66. The predicted molar refractivity (Wildman–Crippen MR) is 123 cm³/mol. The smallest absolute Gasteiger partial charge is 0.172 e. The molecule has 5 rings (SSSR count). The van der Waals surface area contributed by atoms with E-state index < -0.39 is 5.82 Å². The third kappa shape index (κ3) is 4.35. The standard InChI is InChI=1S/C20H13BrFN7O.C2H6/c21-12-8-14-18(16(9-12)30-10-17-23-4-1-5-24-17)20(26-11-25-14)28-13-3-7-29-15(19(13)22)2-6-27-29;1-2/h1-9,11H,10H2,(H,25,26,28);1-2H3. The van der Waals surface area contributed by atoms with Gasteiger partial charge in [0.05, 0.1) is 22.8 Å². The second-order valence-electron chi connectivity index (χ2n) is 6.30. The van der Waals surface area contributed by atoms with Crippen LogP contribution in [0.25, 0.3) is 16.4 Å². The Morgan fingerprint density at radius 3 is 2.69 bits per heavy atom. The van der Waals surface area contributed by atoms with E-state index in [4.69, 9.17) is 4.74 Å². The maximum Gasteiger partial charge on any atom is 0.172 e. The summed E-state index contributed by atoms with van der Waals surface area (Å²) < 4.78 is 23.1. The molecule has 0 unspecified atom stereocenters. The molecule has 1 N–H and O–H groups in total. The average molecular weight is 496 g/mol. The van der Waals surface area contributed by atoms with Gasteiger partial charge in [0.1, 0.15) is 30.0 Å². The second kappa shape index (κ2) is 9.65. The molecule has 162 valence electrons. The highest BCUT2D eigenvalue weighted by Crippen LogP contribution is 2.35. The first-order valence-corrected chi connectivity index (χ1v) is 10.7. The lowest BCUT2D eigenvalue weighted by Gasteiger charge is -2.14. The number of nitrogens with zero attached hydrogens (tertiary/aromatic N) is 6. The molecule has 0 aliphatic heterocycles. The van der Waals surface area contributed by atoms with Crippen LogP contribution in [-0.4, -0.2) is 29.5 Å². The Morgan fingerprint density at radius 2 is 1.88 bits per heavy atom. The summed E-state index contributed by atoms with van der Waals surface area (Å²) in [6.45, 7) is 4.16. The van der Waals surface area contributed by atoms with Crippen LogP contribution in [0.4, 0.5) is 15.9 Å². The molecule has 4 aromatic heterocycles. The summed E-state index contributed by atoms with van der Waals surface area (Å²) >= 11 is 3.47. The van der Waals surface area contributed by atoms with Crippen LogP contribution in [0.15, 0.2) is 65.9 Å². The lowest BCUT2D eigenvalue weighted by molar-refractivity contribution is 0.299. The van der Waals surface area contributed by atoms with Crippen LogP contribution >= 0.6 is 15.9 Å². The maximum atomic E-state index is 14.9. The molecule has 0 aliphatic carbocycles. The van der Waals surface area contributed by atoms with Crippen molar-refractivity contribution >= 4 is 43.9 Å². The van der Waals surface area contributed by atoms with Gasteiger partial charge in [0.2, 0.25) is 0 Å². The quantitative estimate of drug-likeness (QED) is 0.352. The highest BCUT2D eigenvalue weighted by atomic mass is 79.9. The van der Waals surface area contributed by atoms with Crippen molar-refractivity contribution in [2.75, 3.05) is 5.32 Å². The lowest BCUT2D eigenvalue weighted by Crippen LogP contribution is -2.04. The summed E-state index contributed by atoms with van der Waals surface area (Å²) in [7, 11) is 0. The minimum Gasteiger partial charge on any atom is -0.485 e. The number of halogens is 2. The van der Waals surface area contributed by atoms with Crippen LogP contribution in [-0.2, 0) is 6.61 Å². The lowest BCUT2D eigenvalue weighted by atomic mass is 10.2. The number of hydrogen-bond acceptors (Lipinski definition) is 7. The summed E-state index contributed by atoms with van der Waals surface area (Å²) in [6.07, 6.45) is 7.92. The van der Waals surface area contributed by atoms with Crippen molar-refractivity contribution in [3.8, 4) is 5.75 Å². The minimum absolute atomic E-state index is 0.164. The fraction of sp³-hybridized carbons (Fsp3) is 0.136. The van der Waals surface area contributed by atoms with E-state index in [2.05, 4.69) is 46.3 Å². The molecule has 0 saturated carbocycles. The monoisotopic (exact) mass is 495 g/mol. The van der Waals surface area contributed by atoms with Crippen molar-refractivity contribution in [3.05, 3.63) is 77.6 Å². The molecule has 10 heteroatoms. The highest BCUT2D eigenvalue weighted by molar-refractivity contribution is 9.10. The summed E-state index contributed by atoms with van der Waals surface area (Å²) in [5.41, 5.74) is 1.26. The second-order valence-corrected chi connectivity index (χ2v) is 7.22. The third-order valence-electron chi connectivity index (χ3n) is 4.41. The largest absolute Gasteiger partial charge is 0.485 e. The zero-order valence-electron chi connectivity index (χ0n) is 17.3. The van der Waals surface area contributed by atoms with E-state index in [9.17, 15) is 4.39 Å². The first-order chi connectivity index (χ1) is 15.7. The highest BCUT2D eigenvalue weighted by Gasteiger charge is 2.15. The molecule has 5 aromatic rings. The van der Waals surface area contributed by atoms with Gasteiger partial charge in [-0.2, -0.15) is 5.10 Å². The number of fused-ring (bicyclic) bond motifs is 2. The van der Waals surface area contributed by atoms with Gasteiger partial charge in [0.25, 0.3) is 0 Å². The number of nitrogens with one attached hydrogen (secondary N) is 1. The summed E-state index contributed by atoms with van der Waals surface area (Å²) in [5.74, 6) is 1.04. The summed E-state index contributed by atoms with van der Waals surface area (Å²) in [6, 6.07) is 8.57. The number of ether oxygens (including phenoxy) is 1. The number of anilines is 2. The van der Waals surface area contributed by atoms with Crippen LogP contribution < -0.4 is 10.1 Å². The van der Waals surface area contributed by atoms with E-state index in [1.165, 1.54) is 17.0 Å². The van der Waals surface area contributed by atoms with Gasteiger partial charge < -0.3 is 10.1 Å². The predicted octanol–water partition coefficient (Wildman–Crippen LogP) is 5.32. The number of benzene rings is 1. The van der Waals surface area contributed by atoms with Gasteiger partial charge >= 0.3 is 0 Å². The molecule has 0 atom stereocenters. The first kappa shape index (κ1) is 21.6. The van der Waals surface area contributed by atoms with Gasteiger partial charge in [-0.1, -0.05) is 29.8 Å². The average Bonchev–Trinajstić information content (AvgIpc) is 3.31. The molecule has 0 aliphatic rings. The molecule has 0 saturated heterocycles. The van der Waals surface area contributed by atoms with Crippen molar-refractivity contribution < 1.29 is 9.13 Å². The van der Waals surface area contributed by atoms with Crippen molar-refractivity contribution in [3.63, 3.8) is 0 Å². The molecule has 32 heavy (non-hydrogen) atoms. The van der Waals surface area contributed by atoms with E-state index in [1.54, 1.807) is 42.9 Å². The SMILES string of the molecule is CC.Fc1c(Nc2ncnc3cc(Br)cc(OCc4ncccn4)c23)ccn2nccc12. The number of pyridine rings is 1. The summed E-state index contributed by atoms with van der Waals surface area (Å²) in [5, 5.41) is 7.72. The topological polar surface area (TPSA) is 90.1 Å². The molecular weight excluding hydrogens is 477 g/mol. The van der Waals surface area contributed by atoms with Crippen LogP contribution in [0.2, 0.25) is 0 Å². The van der Waals surface area contributed by atoms with E-state index in [0.717, 1.165) is 4.47 Å². The van der Waals surface area contributed by atoms with Crippen molar-refractivity contribution in [2.24, 2.45) is 0 Å². The Balaban J connectivity index is 0.00000119. The fourth-order valence-corrected chi connectivity index (χ4v) is 3.49. The Kier molecular flexibility index (Phi) is 6.50. The van der Waals surface area contributed by atoms with E-state index >= 15 is 0 Å². The minimum atomic E-state index is -0.431. The maximum absolute atomic E-state index is 14.9. The number of hydrogen-bond donors (Lipinski definition) is 1.